The molecule has 3 rings (SSSR count). The predicted molar refractivity (Wildman–Crippen MR) is 88.7 cm³/mol. The van der Waals surface area contributed by atoms with Gasteiger partial charge in [0.1, 0.15) is 17.4 Å². The van der Waals surface area contributed by atoms with Crippen LogP contribution < -0.4 is 4.74 Å². The number of ether oxygens (including phenoxy) is 1. The Morgan fingerprint density at radius 2 is 2.10 bits per heavy atom. The van der Waals surface area contributed by atoms with Crippen LogP contribution in [0.5, 0.6) is 5.75 Å². The van der Waals surface area contributed by atoms with Crippen molar-refractivity contribution in [2.45, 2.75) is 19.6 Å². The molecule has 0 unspecified atom stereocenters. The van der Waals surface area contributed by atoms with E-state index in [-0.39, 0.29) is 0 Å². The molecule has 0 aliphatic rings. The van der Waals surface area contributed by atoms with Gasteiger partial charge in [0.25, 0.3) is 0 Å². The zero-order valence-corrected chi connectivity index (χ0v) is 13.8. The van der Waals surface area contributed by atoms with E-state index in [0.717, 1.165) is 25.3 Å². The maximum Gasteiger partial charge on any atom is 0.140 e. The van der Waals surface area contributed by atoms with Crippen LogP contribution in [0.3, 0.4) is 0 Å². The molecule has 2 aromatic carbocycles. The average molecular weight is 364 g/mol. The van der Waals surface area contributed by atoms with Crippen LogP contribution in [-0.2, 0) is 6.61 Å². The highest BCUT2D eigenvalue weighted by Gasteiger charge is 2.11. The van der Waals surface area contributed by atoms with Gasteiger partial charge >= 0.3 is 0 Å². The smallest absolute Gasteiger partial charge is 0.140 e. The fraction of sp³-hybridized carbons (Fsp3) is 0.188. The van der Waals surface area contributed by atoms with E-state index in [1.54, 1.807) is 18.3 Å². The van der Waals surface area contributed by atoms with Crippen LogP contribution in [-0.4, -0.2) is 10.1 Å². The maximum absolute atomic E-state index is 9.83. The summed E-state index contributed by atoms with van der Waals surface area (Å²) < 4.78 is 7.91. The Morgan fingerprint density at radius 3 is 2.86 bits per heavy atom. The number of hydrogen-bond acceptors (Lipinski definition) is 4. The quantitative estimate of drug-likeness (QED) is 0.730. The molecule has 1 atom stereocenters. The van der Waals surface area contributed by atoms with Gasteiger partial charge in [0, 0.05) is 10.0 Å². The van der Waals surface area contributed by atoms with Gasteiger partial charge in [-0.05, 0) is 37.3 Å². The molecule has 0 bridgehead atoms. The average Bonchev–Trinajstić information content (AvgIpc) is 2.88. The van der Waals surface area contributed by atoms with Crippen molar-refractivity contribution in [3.63, 3.8) is 0 Å². The van der Waals surface area contributed by atoms with Crippen molar-refractivity contribution in [3.8, 4) is 5.75 Å². The molecule has 1 aromatic heterocycles. The Morgan fingerprint density at radius 1 is 1.29 bits per heavy atom. The molecule has 3 aromatic rings. The molecule has 3 nitrogen and oxygen atoms in total. The van der Waals surface area contributed by atoms with Gasteiger partial charge in [-0.1, -0.05) is 28.1 Å². The largest absolute Gasteiger partial charge is 0.486 e. The Labute approximate surface area is 135 Å². The molecule has 1 heterocycles. The number of aliphatic hydroxyl groups is 1. The van der Waals surface area contributed by atoms with Gasteiger partial charge in [-0.25, -0.2) is 4.98 Å². The minimum absolute atomic E-state index is 0.403. The van der Waals surface area contributed by atoms with Crippen molar-refractivity contribution < 1.29 is 9.84 Å². The van der Waals surface area contributed by atoms with Crippen molar-refractivity contribution in [1.82, 2.24) is 4.98 Å². The Bertz CT molecular complexity index is 737. The minimum Gasteiger partial charge on any atom is -0.486 e. The molecule has 0 radical (unpaired) electrons. The summed E-state index contributed by atoms with van der Waals surface area (Å²) in [5.41, 5.74) is 1.76. The van der Waals surface area contributed by atoms with E-state index in [1.807, 2.05) is 36.4 Å². The first kappa shape index (κ1) is 14.5. The number of para-hydroxylation sites is 1. The van der Waals surface area contributed by atoms with E-state index >= 15 is 0 Å². The lowest BCUT2D eigenvalue weighted by atomic mass is 10.1. The zero-order valence-electron chi connectivity index (χ0n) is 11.4. The molecule has 108 valence electrons. The first-order chi connectivity index (χ1) is 10.1. The molecule has 0 aliphatic carbocycles. The highest BCUT2D eigenvalue weighted by atomic mass is 79.9. The molecular weight excluding hydrogens is 350 g/mol. The van der Waals surface area contributed by atoms with E-state index in [1.165, 1.54) is 0 Å². The van der Waals surface area contributed by atoms with Crippen LogP contribution >= 0.6 is 27.3 Å². The lowest BCUT2D eigenvalue weighted by Gasteiger charge is -2.13. The van der Waals surface area contributed by atoms with E-state index < -0.39 is 6.10 Å². The van der Waals surface area contributed by atoms with E-state index in [0.29, 0.717) is 12.4 Å². The third-order valence-electron chi connectivity index (χ3n) is 3.11. The van der Waals surface area contributed by atoms with Crippen LogP contribution in [0.25, 0.3) is 10.2 Å². The van der Waals surface area contributed by atoms with Gasteiger partial charge in [0.15, 0.2) is 0 Å². The van der Waals surface area contributed by atoms with Crippen molar-refractivity contribution in [2.75, 3.05) is 0 Å². The molecule has 0 amide bonds. The molecule has 0 saturated carbocycles. The van der Waals surface area contributed by atoms with Crippen LogP contribution in [0, 0.1) is 0 Å². The third-order valence-corrected chi connectivity index (χ3v) is 4.61. The normalized spacial score (nSPS) is 12.5. The number of hydrogen-bond donors (Lipinski definition) is 1. The fourth-order valence-corrected chi connectivity index (χ4v) is 3.36. The number of rotatable bonds is 4. The molecule has 0 spiro atoms. The topological polar surface area (TPSA) is 42.4 Å². The van der Waals surface area contributed by atoms with Crippen LogP contribution in [0.1, 0.15) is 23.6 Å². The fourth-order valence-electron chi connectivity index (χ4n) is 2.10. The van der Waals surface area contributed by atoms with Crippen molar-refractivity contribution in [2.24, 2.45) is 0 Å². The van der Waals surface area contributed by atoms with Crippen molar-refractivity contribution in [3.05, 3.63) is 57.5 Å². The Balaban J connectivity index is 1.81. The van der Waals surface area contributed by atoms with Crippen LogP contribution in [0.4, 0.5) is 0 Å². The number of aliphatic hydroxyl groups excluding tert-OH is 1. The summed E-state index contributed by atoms with van der Waals surface area (Å²) in [5.74, 6) is 0.687. The zero-order chi connectivity index (χ0) is 14.8. The van der Waals surface area contributed by atoms with Gasteiger partial charge in [-0.15, -0.1) is 11.3 Å². The molecule has 0 fully saturated rings. The third kappa shape index (κ3) is 3.26. The molecule has 5 heteroatoms. The highest BCUT2D eigenvalue weighted by Crippen LogP contribution is 2.30. The number of thiazole rings is 1. The van der Waals surface area contributed by atoms with Gasteiger partial charge in [-0.3, -0.25) is 0 Å². The lowest BCUT2D eigenvalue weighted by Crippen LogP contribution is -2.00. The second-order valence-electron chi connectivity index (χ2n) is 4.72. The van der Waals surface area contributed by atoms with E-state index in [9.17, 15) is 5.11 Å². The maximum atomic E-state index is 9.83. The Hall–Kier alpha value is -1.43. The standard InChI is InChI=1S/C16H14BrNO2S/c1-10(19)12-8-11(17)6-7-14(12)20-9-16-18-13-4-2-3-5-15(13)21-16/h2-8,10,19H,9H2,1H3/t10-/m0/s1. The summed E-state index contributed by atoms with van der Waals surface area (Å²) in [5, 5.41) is 10.8. The van der Waals surface area contributed by atoms with E-state index in [4.69, 9.17) is 4.74 Å². The molecule has 0 saturated heterocycles. The monoisotopic (exact) mass is 363 g/mol. The van der Waals surface area contributed by atoms with Crippen LogP contribution in [0.2, 0.25) is 0 Å². The van der Waals surface area contributed by atoms with Gasteiger partial charge in [0.2, 0.25) is 0 Å². The summed E-state index contributed by atoms with van der Waals surface area (Å²) in [7, 11) is 0. The van der Waals surface area contributed by atoms with Gasteiger partial charge in [0.05, 0.1) is 16.3 Å². The number of nitrogens with zero attached hydrogens (tertiary/aromatic N) is 1. The first-order valence-electron chi connectivity index (χ1n) is 6.58. The van der Waals surface area contributed by atoms with Gasteiger partial charge < -0.3 is 9.84 Å². The number of benzene rings is 2. The Kier molecular flexibility index (Phi) is 4.24. The summed E-state index contributed by atoms with van der Waals surface area (Å²) >= 11 is 5.03. The molecule has 21 heavy (non-hydrogen) atoms. The highest BCUT2D eigenvalue weighted by molar-refractivity contribution is 9.10. The second-order valence-corrected chi connectivity index (χ2v) is 6.75. The predicted octanol–water partition coefficient (Wildman–Crippen LogP) is 4.69. The number of halogens is 1. The number of fused-ring (bicyclic) bond motifs is 1. The summed E-state index contributed by atoms with van der Waals surface area (Å²) in [4.78, 5) is 4.54. The lowest BCUT2D eigenvalue weighted by molar-refractivity contribution is 0.190. The molecule has 1 N–H and O–H groups in total. The minimum atomic E-state index is -0.576. The SMILES string of the molecule is C[C@H](O)c1cc(Br)ccc1OCc1nc2ccccc2s1. The van der Waals surface area contributed by atoms with Gasteiger partial charge in [-0.2, -0.15) is 0 Å². The molecular formula is C16H14BrNO2S. The summed E-state index contributed by atoms with van der Waals surface area (Å²) in [6.07, 6.45) is -0.576. The number of aromatic nitrogens is 1. The summed E-state index contributed by atoms with van der Waals surface area (Å²) in [6, 6.07) is 13.7. The molecule has 0 aliphatic heterocycles. The van der Waals surface area contributed by atoms with Crippen LogP contribution in [0.15, 0.2) is 46.9 Å². The first-order valence-corrected chi connectivity index (χ1v) is 8.19. The van der Waals surface area contributed by atoms with E-state index in [2.05, 4.69) is 27.0 Å². The second kappa shape index (κ2) is 6.13. The summed E-state index contributed by atoms with van der Waals surface area (Å²) in [6.45, 7) is 2.13. The van der Waals surface area contributed by atoms with Crippen molar-refractivity contribution >= 4 is 37.5 Å². The van der Waals surface area contributed by atoms with Crippen molar-refractivity contribution in [1.29, 1.82) is 0 Å².